The molecule has 1 aromatic carbocycles. The lowest BCUT2D eigenvalue weighted by Crippen LogP contribution is -2.49. The van der Waals surface area contributed by atoms with Gasteiger partial charge in [0, 0.05) is 12.7 Å². The van der Waals surface area contributed by atoms with Crippen molar-refractivity contribution in [3.8, 4) is 11.5 Å². The summed E-state index contributed by atoms with van der Waals surface area (Å²) < 4.78 is 21.7. The summed E-state index contributed by atoms with van der Waals surface area (Å²) in [7, 11) is 3.09. The molecule has 2 atom stereocenters. The number of nitrogens with zero attached hydrogens (tertiary/aromatic N) is 3. The van der Waals surface area contributed by atoms with Crippen molar-refractivity contribution in [3.05, 3.63) is 47.9 Å². The number of carbonyl (C=O) groups excluding carboxylic acids is 1. The highest BCUT2D eigenvalue weighted by Gasteiger charge is 2.38. The first-order valence-electron chi connectivity index (χ1n) is 9.13. The number of methoxy groups -OCH3 is 2. The van der Waals surface area contributed by atoms with Gasteiger partial charge in [-0.25, -0.2) is 4.98 Å². The molecule has 3 heterocycles. The Labute approximate surface area is 166 Å². The molecule has 0 spiro atoms. The van der Waals surface area contributed by atoms with E-state index >= 15 is 0 Å². The lowest BCUT2D eigenvalue weighted by Gasteiger charge is -2.40. The number of rotatable bonds is 5. The summed E-state index contributed by atoms with van der Waals surface area (Å²) in [5.41, 5.74) is 1.11. The molecule has 0 radical (unpaired) electrons. The number of aliphatic hydroxyl groups is 1. The zero-order valence-electron chi connectivity index (χ0n) is 16.1. The van der Waals surface area contributed by atoms with E-state index in [1.165, 1.54) is 0 Å². The van der Waals surface area contributed by atoms with E-state index in [1.807, 2.05) is 6.07 Å². The Hall–Kier alpha value is -3.17. The maximum Gasteiger partial charge on any atom is 0.293 e. The Morgan fingerprint density at radius 1 is 1.28 bits per heavy atom. The first kappa shape index (κ1) is 19.2. The Bertz CT molecular complexity index is 1020. The second-order valence-electron chi connectivity index (χ2n) is 6.54. The molecule has 0 unspecified atom stereocenters. The van der Waals surface area contributed by atoms with Gasteiger partial charge in [0.15, 0.2) is 11.5 Å². The summed E-state index contributed by atoms with van der Waals surface area (Å²) in [6.07, 6.45) is 0.986. The molecule has 0 aliphatic carbocycles. The lowest BCUT2D eigenvalue weighted by atomic mass is 9.97. The highest BCUT2D eigenvalue weighted by atomic mass is 16.5. The van der Waals surface area contributed by atoms with Gasteiger partial charge in [0.25, 0.3) is 5.91 Å². The zero-order chi connectivity index (χ0) is 20.4. The van der Waals surface area contributed by atoms with Crippen LogP contribution in [-0.4, -0.2) is 66.1 Å². The maximum absolute atomic E-state index is 13.4. The normalized spacial score (nSPS) is 19.3. The highest BCUT2D eigenvalue weighted by Crippen LogP contribution is 2.36. The Balaban J connectivity index is 1.75. The average molecular weight is 399 g/mol. The quantitative estimate of drug-likeness (QED) is 0.692. The summed E-state index contributed by atoms with van der Waals surface area (Å²) in [6.45, 7) is 0.378. The molecular formula is C20H21N3O6. The van der Waals surface area contributed by atoms with Crippen molar-refractivity contribution in [1.29, 1.82) is 0 Å². The predicted molar refractivity (Wildman–Crippen MR) is 102 cm³/mol. The van der Waals surface area contributed by atoms with Crippen LogP contribution in [0.15, 0.2) is 41.1 Å². The molecule has 1 aliphatic rings. The first-order chi connectivity index (χ1) is 14.2. The van der Waals surface area contributed by atoms with E-state index in [9.17, 15) is 9.90 Å². The molecule has 0 bridgehead atoms. The number of carbonyl (C=O) groups is 1. The van der Waals surface area contributed by atoms with Crippen LogP contribution < -0.4 is 9.47 Å². The molecule has 1 amide bonds. The fourth-order valence-corrected chi connectivity index (χ4v) is 3.61. The van der Waals surface area contributed by atoms with Gasteiger partial charge in [-0.3, -0.25) is 4.79 Å². The molecule has 1 fully saturated rings. The lowest BCUT2D eigenvalue weighted by molar-refractivity contribution is -0.0818. The SMILES string of the molecule is COc1ccc([C@H]2[C@H](CO)OCCN2C(=O)c2onc3ncccc23)cc1OC. The number of benzene rings is 1. The van der Waals surface area contributed by atoms with E-state index < -0.39 is 12.1 Å². The van der Waals surface area contributed by atoms with Crippen LogP contribution in [0.1, 0.15) is 22.2 Å². The van der Waals surface area contributed by atoms with Gasteiger partial charge in [-0.2, -0.15) is 0 Å². The Morgan fingerprint density at radius 2 is 2.10 bits per heavy atom. The molecule has 1 aliphatic heterocycles. The van der Waals surface area contributed by atoms with E-state index in [2.05, 4.69) is 10.1 Å². The molecule has 29 heavy (non-hydrogen) atoms. The third-order valence-electron chi connectivity index (χ3n) is 4.99. The standard InChI is InChI=1S/C20H21N3O6/c1-26-14-6-5-12(10-15(14)27-2)17-16(11-24)28-9-8-23(17)20(25)18-13-4-3-7-21-19(13)22-29-18/h3-7,10,16-17,24H,8-9,11H2,1-2H3/t16-,17-/m0/s1. The fraction of sp³-hybridized carbons (Fsp3) is 0.350. The van der Waals surface area contributed by atoms with Gasteiger partial charge in [-0.15, -0.1) is 0 Å². The van der Waals surface area contributed by atoms with Crippen LogP contribution in [0.5, 0.6) is 11.5 Å². The van der Waals surface area contributed by atoms with Crippen molar-refractivity contribution in [3.63, 3.8) is 0 Å². The summed E-state index contributed by atoms with van der Waals surface area (Å²) in [5.74, 6) is 0.854. The van der Waals surface area contributed by atoms with Crippen molar-refractivity contribution in [2.75, 3.05) is 34.0 Å². The van der Waals surface area contributed by atoms with Crippen molar-refractivity contribution < 1.29 is 28.6 Å². The third-order valence-corrected chi connectivity index (χ3v) is 4.99. The number of hydrogen-bond donors (Lipinski definition) is 1. The molecule has 9 nitrogen and oxygen atoms in total. The van der Waals surface area contributed by atoms with Gasteiger partial charge in [0.05, 0.1) is 38.9 Å². The van der Waals surface area contributed by atoms with Crippen molar-refractivity contribution >= 4 is 16.9 Å². The Morgan fingerprint density at radius 3 is 2.86 bits per heavy atom. The number of aromatic nitrogens is 2. The highest BCUT2D eigenvalue weighted by molar-refractivity contribution is 6.03. The van der Waals surface area contributed by atoms with E-state index in [0.717, 1.165) is 5.56 Å². The molecule has 4 rings (SSSR count). The number of ether oxygens (including phenoxy) is 3. The molecule has 1 saturated heterocycles. The van der Waals surface area contributed by atoms with E-state index in [1.54, 1.807) is 49.6 Å². The molecule has 3 aromatic rings. The maximum atomic E-state index is 13.4. The van der Waals surface area contributed by atoms with Crippen LogP contribution in [0.25, 0.3) is 11.0 Å². The second kappa shape index (κ2) is 8.06. The zero-order valence-corrected chi connectivity index (χ0v) is 16.1. The van der Waals surface area contributed by atoms with Gasteiger partial charge in [-0.05, 0) is 29.8 Å². The fourth-order valence-electron chi connectivity index (χ4n) is 3.61. The molecule has 0 saturated carbocycles. The number of amides is 1. The first-order valence-corrected chi connectivity index (χ1v) is 9.13. The monoisotopic (exact) mass is 399 g/mol. The third kappa shape index (κ3) is 3.39. The number of aliphatic hydroxyl groups excluding tert-OH is 1. The Kier molecular flexibility index (Phi) is 5.32. The van der Waals surface area contributed by atoms with Crippen molar-refractivity contribution in [2.24, 2.45) is 0 Å². The summed E-state index contributed by atoms with van der Waals surface area (Å²) >= 11 is 0. The average Bonchev–Trinajstić information content (AvgIpc) is 3.21. The molecule has 9 heteroatoms. The summed E-state index contributed by atoms with van der Waals surface area (Å²) in [5, 5.41) is 14.3. The smallest absolute Gasteiger partial charge is 0.293 e. The minimum atomic E-state index is -0.599. The molecular weight excluding hydrogens is 378 g/mol. The van der Waals surface area contributed by atoms with Gasteiger partial charge in [0.1, 0.15) is 6.10 Å². The van der Waals surface area contributed by atoms with Crippen LogP contribution in [-0.2, 0) is 4.74 Å². The van der Waals surface area contributed by atoms with Crippen LogP contribution in [0.3, 0.4) is 0 Å². The van der Waals surface area contributed by atoms with Crippen LogP contribution in [0, 0.1) is 0 Å². The van der Waals surface area contributed by atoms with Gasteiger partial charge < -0.3 is 28.7 Å². The molecule has 2 aromatic heterocycles. The topological polar surface area (TPSA) is 107 Å². The van der Waals surface area contributed by atoms with Gasteiger partial charge in [-0.1, -0.05) is 11.2 Å². The second-order valence-corrected chi connectivity index (χ2v) is 6.54. The molecule has 152 valence electrons. The number of hydrogen-bond acceptors (Lipinski definition) is 8. The van der Waals surface area contributed by atoms with Crippen LogP contribution >= 0.6 is 0 Å². The van der Waals surface area contributed by atoms with Crippen molar-refractivity contribution in [1.82, 2.24) is 15.0 Å². The number of morpholine rings is 1. The van der Waals surface area contributed by atoms with Gasteiger partial charge in [0.2, 0.25) is 11.4 Å². The van der Waals surface area contributed by atoms with Gasteiger partial charge >= 0.3 is 0 Å². The van der Waals surface area contributed by atoms with Crippen LogP contribution in [0.2, 0.25) is 0 Å². The predicted octanol–water partition coefficient (Wildman–Crippen LogP) is 1.81. The number of fused-ring (bicyclic) bond motifs is 1. The number of pyridine rings is 1. The van der Waals surface area contributed by atoms with E-state index in [4.69, 9.17) is 18.7 Å². The van der Waals surface area contributed by atoms with E-state index in [0.29, 0.717) is 35.7 Å². The largest absolute Gasteiger partial charge is 0.493 e. The van der Waals surface area contributed by atoms with Crippen molar-refractivity contribution in [2.45, 2.75) is 12.1 Å². The van der Waals surface area contributed by atoms with Crippen LogP contribution in [0.4, 0.5) is 0 Å². The van der Waals surface area contributed by atoms with E-state index in [-0.39, 0.29) is 18.3 Å². The minimum Gasteiger partial charge on any atom is -0.493 e. The summed E-state index contributed by atoms with van der Waals surface area (Å²) in [6, 6.07) is 8.27. The summed E-state index contributed by atoms with van der Waals surface area (Å²) in [4.78, 5) is 19.1. The minimum absolute atomic E-state index is 0.108. The molecule has 1 N–H and O–H groups in total.